The maximum atomic E-state index is 10.6. The largest absolute Gasteiger partial charge is 0.377 e. The van der Waals surface area contributed by atoms with E-state index < -0.39 is 5.60 Å². The first-order valence-corrected chi connectivity index (χ1v) is 8.17. The number of benzene rings is 1. The lowest BCUT2D eigenvalue weighted by atomic mass is 9.91. The van der Waals surface area contributed by atoms with Gasteiger partial charge in [0.25, 0.3) is 0 Å². The molecule has 1 aliphatic rings. The second-order valence-corrected chi connectivity index (χ2v) is 6.44. The summed E-state index contributed by atoms with van der Waals surface area (Å²) in [4.78, 5) is 6.17. The number of hydrogen-bond acceptors (Lipinski definition) is 3. The molecule has 1 aromatic carbocycles. The Kier molecular flexibility index (Phi) is 4.77. The van der Waals surface area contributed by atoms with Crippen LogP contribution >= 0.6 is 23.2 Å². The third kappa shape index (κ3) is 4.17. The minimum Gasteiger partial charge on any atom is -0.377 e. The lowest BCUT2D eigenvalue weighted by molar-refractivity contribution is 0.0746. The first kappa shape index (κ1) is 16.1. The second kappa shape index (κ2) is 6.80. The molecular formula is C18H16Cl2N2O. The van der Waals surface area contributed by atoms with Gasteiger partial charge in [-0.1, -0.05) is 41.1 Å². The van der Waals surface area contributed by atoms with E-state index in [1.807, 2.05) is 24.3 Å². The van der Waals surface area contributed by atoms with Crippen LogP contribution < -0.4 is 4.90 Å². The molecule has 0 atom stereocenters. The van der Waals surface area contributed by atoms with E-state index in [2.05, 4.69) is 21.7 Å². The Morgan fingerprint density at radius 3 is 2.61 bits per heavy atom. The highest BCUT2D eigenvalue weighted by Gasteiger charge is 2.30. The average molecular weight is 347 g/mol. The van der Waals surface area contributed by atoms with Crippen LogP contribution in [0.3, 0.4) is 0 Å². The summed E-state index contributed by atoms with van der Waals surface area (Å²) in [5.41, 5.74) is 0.874. The average Bonchev–Trinajstić information content (AvgIpc) is 2.54. The topological polar surface area (TPSA) is 36.4 Å². The summed E-state index contributed by atoms with van der Waals surface area (Å²) >= 11 is 11.9. The fourth-order valence-electron chi connectivity index (χ4n) is 2.60. The molecule has 0 amide bonds. The molecule has 3 nitrogen and oxygen atoms in total. The van der Waals surface area contributed by atoms with E-state index in [1.54, 1.807) is 18.3 Å². The summed E-state index contributed by atoms with van der Waals surface area (Å²) in [7, 11) is 0. The van der Waals surface area contributed by atoms with E-state index in [9.17, 15) is 5.11 Å². The molecule has 3 rings (SSSR count). The third-order valence-corrected chi connectivity index (χ3v) is 4.37. The van der Waals surface area contributed by atoms with Gasteiger partial charge in [-0.15, -0.1) is 0 Å². The van der Waals surface area contributed by atoms with Crippen LogP contribution in [0.25, 0.3) is 0 Å². The Hall–Kier alpha value is -1.73. The fourth-order valence-corrected chi connectivity index (χ4v) is 2.96. The molecule has 2 heterocycles. The zero-order valence-corrected chi connectivity index (χ0v) is 14.0. The van der Waals surface area contributed by atoms with Crippen molar-refractivity contribution in [2.24, 2.45) is 0 Å². The number of hydrogen-bond donors (Lipinski definition) is 1. The van der Waals surface area contributed by atoms with E-state index in [1.165, 1.54) is 0 Å². The van der Waals surface area contributed by atoms with Gasteiger partial charge >= 0.3 is 0 Å². The summed E-state index contributed by atoms with van der Waals surface area (Å²) in [5, 5.41) is 11.8. The van der Waals surface area contributed by atoms with Crippen molar-refractivity contribution in [2.75, 3.05) is 18.0 Å². The summed E-state index contributed by atoms with van der Waals surface area (Å²) in [6.45, 7) is 1.45. The van der Waals surface area contributed by atoms with Crippen molar-refractivity contribution >= 4 is 28.9 Å². The Morgan fingerprint density at radius 2 is 1.91 bits per heavy atom. The summed E-state index contributed by atoms with van der Waals surface area (Å²) in [6.07, 6.45) is 2.86. The van der Waals surface area contributed by atoms with Gasteiger partial charge in [0.1, 0.15) is 10.8 Å². The van der Waals surface area contributed by atoms with Gasteiger partial charge in [0.2, 0.25) is 0 Å². The molecule has 0 unspecified atom stereocenters. The quantitative estimate of drug-likeness (QED) is 0.630. The van der Waals surface area contributed by atoms with E-state index in [0.29, 0.717) is 23.0 Å². The van der Waals surface area contributed by atoms with Gasteiger partial charge in [-0.25, -0.2) is 4.98 Å². The van der Waals surface area contributed by atoms with Gasteiger partial charge in [0.05, 0.1) is 0 Å². The number of anilines is 1. The first-order chi connectivity index (χ1) is 11.0. The Morgan fingerprint density at radius 1 is 1.13 bits per heavy atom. The first-order valence-electron chi connectivity index (χ1n) is 7.42. The van der Waals surface area contributed by atoms with Gasteiger partial charge in [0.15, 0.2) is 0 Å². The Bertz CT molecular complexity index is 759. The summed E-state index contributed by atoms with van der Waals surface area (Å²) in [6, 6.07) is 11.1. The van der Waals surface area contributed by atoms with E-state index in [0.717, 1.165) is 24.3 Å². The molecule has 1 N–H and O–H groups in total. The monoisotopic (exact) mass is 346 g/mol. The number of piperidine rings is 1. The van der Waals surface area contributed by atoms with Gasteiger partial charge in [0, 0.05) is 48.4 Å². The molecule has 1 fully saturated rings. The van der Waals surface area contributed by atoms with Crippen molar-refractivity contribution in [1.29, 1.82) is 0 Å². The molecule has 23 heavy (non-hydrogen) atoms. The minimum absolute atomic E-state index is 0.476. The third-order valence-electron chi connectivity index (χ3n) is 3.93. The van der Waals surface area contributed by atoms with Crippen molar-refractivity contribution in [2.45, 2.75) is 18.4 Å². The van der Waals surface area contributed by atoms with E-state index in [4.69, 9.17) is 23.2 Å². The number of pyridine rings is 1. The highest BCUT2D eigenvalue weighted by Crippen LogP contribution is 2.27. The van der Waals surface area contributed by atoms with Crippen LogP contribution in [0.1, 0.15) is 18.4 Å². The number of nitrogens with zero attached hydrogens (tertiary/aromatic N) is 2. The lowest BCUT2D eigenvalue weighted by Crippen LogP contribution is -2.43. The summed E-state index contributed by atoms with van der Waals surface area (Å²) < 4.78 is 0. The van der Waals surface area contributed by atoms with Gasteiger partial charge in [-0.3, -0.25) is 0 Å². The van der Waals surface area contributed by atoms with Crippen LogP contribution in [-0.2, 0) is 0 Å². The SMILES string of the molecule is OC1(C#Cc2cccc(Cl)c2)CCN(c2ccnc(Cl)c2)CC1. The molecular weight excluding hydrogens is 331 g/mol. The summed E-state index contributed by atoms with van der Waals surface area (Å²) in [5.74, 6) is 6.03. The zero-order chi connectivity index (χ0) is 16.3. The number of aliphatic hydroxyl groups is 1. The lowest BCUT2D eigenvalue weighted by Gasteiger charge is -2.36. The van der Waals surface area contributed by atoms with Crippen LogP contribution in [0, 0.1) is 11.8 Å². The maximum Gasteiger partial charge on any atom is 0.131 e. The Balaban J connectivity index is 1.68. The normalized spacial score (nSPS) is 16.6. The molecule has 1 aromatic heterocycles. The van der Waals surface area contributed by atoms with Gasteiger partial charge in [-0.2, -0.15) is 0 Å². The highest BCUT2D eigenvalue weighted by atomic mass is 35.5. The smallest absolute Gasteiger partial charge is 0.131 e. The molecule has 0 saturated carbocycles. The zero-order valence-electron chi connectivity index (χ0n) is 12.5. The molecule has 1 aliphatic heterocycles. The molecule has 0 aliphatic carbocycles. The Labute approximate surface area is 145 Å². The van der Waals surface area contributed by atoms with Crippen molar-refractivity contribution < 1.29 is 5.11 Å². The van der Waals surface area contributed by atoms with Crippen LogP contribution in [0.2, 0.25) is 10.2 Å². The molecule has 0 spiro atoms. The van der Waals surface area contributed by atoms with Crippen molar-refractivity contribution in [3.05, 3.63) is 58.3 Å². The predicted octanol–water partition coefficient (Wildman–Crippen LogP) is 3.77. The molecule has 5 heteroatoms. The van der Waals surface area contributed by atoms with Crippen LogP contribution in [0.4, 0.5) is 5.69 Å². The minimum atomic E-state index is -0.963. The van der Waals surface area contributed by atoms with Crippen molar-refractivity contribution in [3.63, 3.8) is 0 Å². The highest BCUT2D eigenvalue weighted by molar-refractivity contribution is 6.30. The second-order valence-electron chi connectivity index (χ2n) is 5.62. The van der Waals surface area contributed by atoms with Gasteiger partial charge in [-0.05, 0) is 30.3 Å². The standard InChI is InChI=1S/C18H16Cl2N2O/c19-15-3-1-2-14(12-15)4-6-18(23)7-10-22(11-8-18)16-5-9-21-17(20)13-16/h1-3,5,9,12-13,23H,7-8,10-11H2. The molecule has 2 aromatic rings. The number of rotatable bonds is 1. The number of aromatic nitrogens is 1. The van der Waals surface area contributed by atoms with Crippen LogP contribution in [0.15, 0.2) is 42.6 Å². The van der Waals surface area contributed by atoms with E-state index in [-0.39, 0.29) is 0 Å². The predicted molar refractivity (Wildman–Crippen MR) is 94.0 cm³/mol. The molecule has 0 radical (unpaired) electrons. The van der Waals surface area contributed by atoms with Gasteiger partial charge < -0.3 is 10.0 Å². The number of halogens is 2. The molecule has 118 valence electrons. The van der Waals surface area contributed by atoms with Crippen LogP contribution in [-0.4, -0.2) is 28.8 Å². The molecule has 0 bridgehead atoms. The fraction of sp³-hybridized carbons (Fsp3) is 0.278. The van der Waals surface area contributed by atoms with Crippen molar-refractivity contribution in [1.82, 2.24) is 4.98 Å². The maximum absolute atomic E-state index is 10.6. The van der Waals surface area contributed by atoms with E-state index >= 15 is 0 Å². The van der Waals surface area contributed by atoms with Crippen LogP contribution in [0.5, 0.6) is 0 Å². The molecule has 1 saturated heterocycles. The van der Waals surface area contributed by atoms with Crippen molar-refractivity contribution in [3.8, 4) is 11.8 Å².